The van der Waals surface area contributed by atoms with E-state index in [1.54, 1.807) is 6.07 Å². The van der Waals surface area contributed by atoms with Crippen LogP contribution in [0, 0.1) is 10.1 Å². The van der Waals surface area contributed by atoms with Crippen LogP contribution in [0.4, 0.5) is 24.7 Å². The number of rotatable bonds is 7. The van der Waals surface area contributed by atoms with Crippen LogP contribution in [0.15, 0.2) is 35.1 Å². The molecule has 1 fully saturated rings. The van der Waals surface area contributed by atoms with Crippen molar-refractivity contribution in [2.45, 2.75) is 31.7 Å². The average Bonchev–Trinajstić information content (AvgIpc) is 3.34. The number of anilines is 1. The fraction of sp³-hybridized carbons (Fsp3) is 0.391. The molecule has 2 atom stereocenters. The number of nitro groups is 1. The zero-order valence-electron chi connectivity index (χ0n) is 19.6. The Bertz CT molecular complexity index is 1370. The summed E-state index contributed by atoms with van der Waals surface area (Å²) in [7, 11) is 2.87. The van der Waals surface area contributed by atoms with E-state index >= 15 is 0 Å². The summed E-state index contributed by atoms with van der Waals surface area (Å²) >= 11 is 0. The standard InChI is InChI=1S/C23H23F3N4O6/c1-12(13-6-14(23(24,25)26)8-15(7-13)30(32)33)27-21-17-9-20(36-16-4-5-35-11-16)19(34-3)10-18(17)22(31)29(2)28-21/h6-10,12,16H,4-5,11H2,1-3H3,(H,27,28)/t12-,16+/m1/s1. The van der Waals surface area contributed by atoms with E-state index < -0.39 is 34.0 Å². The molecule has 1 aromatic heterocycles. The molecule has 13 heteroatoms. The molecule has 0 radical (unpaired) electrons. The highest BCUT2D eigenvalue weighted by molar-refractivity contribution is 5.93. The number of halogens is 3. The lowest BCUT2D eigenvalue weighted by molar-refractivity contribution is -0.385. The Morgan fingerprint density at radius 1 is 1.22 bits per heavy atom. The van der Waals surface area contributed by atoms with Crippen LogP contribution < -0.4 is 20.3 Å². The highest BCUT2D eigenvalue weighted by Crippen LogP contribution is 2.37. The van der Waals surface area contributed by atoms with Crippen molar-refractivity contribution in [3.8, 4) is 11.5 Å². The number of methoxy groups -OCH3 is 1. The van der Waals surface area contributed by atoms with Crippen LogP contribution in [0.3, 0.4) is 0 Å². The summed E-state index contributed by atoms with van der Waals surface area (Å²) in [5.41, 5.74) is -2.23. The Balaban J connectivity index is 1.79. The van der Waals surface area contributed by atoms with Gasteiger partial charge in [-0.1, -0.05) is 0 Å². The van der Waals surface area contributed by atoms with Gasteiger partial charge in [-0.2, -0.15) is 18.3 Å². The Morgan fingerprint density at radius 2 is 1.94 bits per heavy atom. The molecule has 0 amide bonds. The molecule has 0 aliphatic carbocycles. The van der Waals surface area contributed by atoms with E-state index in [-0.39, 0.29) is 22.9 Å². The van der Waals surface area contributed by atoms with E-state index in [0.717, 1.165) is 16.8 Å². The lowest BCUT2D eigenvalue weighted by Crippen LogP contribution is -2.23. The van der Waals surface area contributed by atoms with Crippen molar-refractivity contribution >= 4 is 22.3 Å². The molecule has 2 aromatic carbocycles. The molecule has 1 saturated heterocycles. The lowest BCUT2D eigenvalue weighted by Gasteiger charge is -2.20. The fourth-order valence-electron chi connectivity index (χ4n) is 3.94. The Hall–Kier alpha value is -3.87. The summed E-state index contributed by atoms with van der Waals surface area (Å²) in [4.78, 5) is 23.2. The van der Waals surface area contributed by atoms with Crippen LogP contribution in [-0.4, -0.2) is 41.1 Å². The number of nitro benzene ring substituents is 1. The number of aryl methyl sites for hydroxylation is 1. The zero-order chi connectivity index (χ0) is 26.2. The van der Waals surface area contributed by atoms with Gasteiger partial charge in [0, 0.05) is 31.0 Å². The van der Waals surface area contributed by atoms with Crippen LogP contribution in [-0.2, 0) is 18.0 Å². The predicted octanol–water partition coefficient (Wildman–Crippen LogP) is 4.21. The summed E-state index contributed by atoms with van der Waals surface area (Å²) in [5.74, 6) is 0.848. The SMILES string of the molecule is COc1cc2c(=O)n(C)nc(N[C@H](C)c3cc([N+](=O)[O-])cc(C(F)(F)F)c3)c2cc1O[C@H]1CCOC1. The molecule has 3 aromatic rings. The third-order valence-corrected chi connectivity index (χ3v) is 5.85. The smallest absolute Gasteiger partial charge is 0.416 e. The first-order chi connectivity index (χ1) is 17.0. The first-order valence-corrected chi connectivity index (χ1v) is 10.9. The molecule has 36 heavy (non-hydrogen) atoms. The molecule has 1 N–H and O–H groups in total. The number of hydrogen-bond acceptors (Lipinski definition) is 8. The molecule has 4 rings (SSSR count). The van der Waals surface area contributed by atoms with Crippen molar-refractivity contribution in [1.29, 1.82) is 0 Å². The largest absolute Gasteiger partial charge is 0.493 e. The van der Waals surface area contributed by atoms with Gasteiger partial charge in [0.1, 0.15) is 6.10 Å². The van der Waals surface area contributed by atoms with E-state index in [1.807, 2.05) is 0 Å². The minimum atomic E-state index is -4.77. The van der Waals surface area contributed by atoms with E-state index in [0.29, 0.717) is 42.6 Å². The zero-order valence-corrected chi connectivity index (χ0v) is 19.6. The van der Waals surface area contributed by atoms with Gasteiger partial charge < -0.3 is 19.5 Å². The van der Waals surface area contributed by atoms with E-state index in [1.165, 1.54) is 27.1 Å². The van der Waals surface area contributed by atoms with Crippen LogP contribution in [0.5, 0.6) is 11.5 Å². The van der Waals surface area contributed by atoms with Gasteiger partial charge in [-0.05, 0) is 30.7 Å². The minimum absolute atomic E-state index is 0.0217. The Kier molecular flexibility index (Phi) is 6.76. The molecule has 1 aliphatic rings. The number of nitrogens with zero attached hydrogens (tertiary/aromatic N) is 3. The highest BCUT2D eigenvalue weighted by Gasteiger charge is 2.33. The molecule has 10 nitrogen and oxygen atoms in total. The summed E-state index contributed by atoms with van der Waals surface area (Å²) in [6.07, 6.45) is -4.31. The van der Waals surface area contributed by atoms with Crippen molar-refractivity contribution < 1.29 is 32.3 Å². The van der Waals surface area contributed by atoms with Gasteiger partial charge in [0.25, 0.3) is 11.2 Å². The summed E-state index contributed by atoms with van der Waals surface area (Å²) in [5, 5.41) is 19.1. The Morgan fingerprint density at radius 3 is 2.56 bits per heavy atom. The van der Waals surface area contributed by atoms with Crippen molar-refractivity contribution in [2.75, 3.05) is 25.6 Å². The number of ether oxygens (including phenoxy) is 3. The first-order valence-electron chi connectivity index (χ1n) is 10.9. The van der Waals surface area contributed by atoms with Crippen molar-refractivity contribution in [2.24, 2.45) is 7.05 Å². The fourth-order valence-corrected chi connectivity index (χ4v) is 3.94. The topological polar surface area (TPSA) is 118 Å². The molecule has 0 bridgehead atoms. The van der Waals surface area contributed by atoms with Gasteiger partial charge in [-0.15, -0.1) is 0 Å². The maximum Gasteiger partial charge on any atom is 0.416 e. The number of aromatic nitrogens is 2. The third-order valence-electron chi connectivity index (χ3n) is 5.85. The van der Waals surface area contributed by atoms with Gasteiger partial charge in [0.15, 0.2) is 17.3 Å². The average molecular weight is 508 g/mol. The molecular formula is C23H23F3N4O6. The maximum absolute atomic E-state index is 13.4. The molecule has 0 unspecified atom stereocenters. The van der Waals surface area contributed by atoms with E-state index in [9.17, 15) is 28.1 Å². The predicted molar refractivity (Wildman–Crippen MR) is 124 cm³/mol. The van der Waals surface area contributed by atoms with Gasteiger partial charge in [0.05, 0.1) is 42.2 Å². The molecular weight excluding hydrogens is 485 g/mol. The van der Waals surface area contributed by atoms with E-state index in [4.69, 9.17) is 14.2 Å². The summed E-state index contributed by atoms with van der Waals surface area (Å²) < 4.78 is 57.9. The van der Waals surface area contributed by atoms with Crippen LogP contribution in [0.1, 0.15) is 30.5 Å². The van der Waals surface area contributed by atoms with Gasteiger partial charge in [-0.25, -0.2) is 4.68 Å². The number of benzene rings is 2. The number of alkyl halides is 3. The highest BCUT2D eigenvalue weighted by atomic mass is 19.4. The number of fused-ring (bicyclic) bond motifs is 1. The van der Waals surface area contributed by atoms with Crippen LogP contribution in [0.25, 0.3) is 10.8 Å². The number of non-ortho nitro benzene ring substituents is 1. The summed E-state index contributed by atoms with van der Waals surface area (Å²) in [6.45, 7) is 2.48. The molecule has 2 heterocycles. The number of nitrogens with one attached hydrogen (secondary N) is 1. The second kappa shape index (κ2) is 9.64. The lowest BCUT2D eigenvalue weighted by atomic mass is 10.0. The van der Waals surface area contributed by atoms with Crippen LogP contribution in [0.2, 0.25) is 0 Å². The molecule has 1 aliphatic heterocycles. The summed E-state index contributed by atoms with van der Waals surface area (Å²) in [6, 6.07) is 4.63. The Labute approximate surface area is 202 Å². The number of hydrogen-bond donors (Lipinski definition) is 1. The van der Waals surface area contributed by atoms with Gasteiger partial charge >= 0.3 is 6.18 Å². The molecule has 0 saturated carbocycles. The normalized spacial score (nSPS) is 16.7. The van der Waals surface area contributed by atoms with Crippen molar-refractivity contribution in [1.82, 2.24) is 9.78 Å². The van der Waals surface area contributed by atoms with E-state index in [2.05, 4.69) is 10.4 Å². The quantitative estimate of drug-likeness (QED) is 0.373. The third kappa shape index (κ3) is 5.05. The maximum atomic E-state index is 13.4. The first kappa shape index (κ1) is 25.2. The second-order valence-electron chi connectivity index (χ2n) is 8.36. The van der Waals surface area contributed by atoms with Crippen molar-refractivity contribution in [3.63, 3.8) is 0 Å². The van der Waals surface area contributed by atoms with Crippen LogP contribution >= 0.6 is 0 Å². The minimum Gasteiger partial charge on any atom is -0.493 e. The van der Waals surface area contributed by atoms with Crippen molar-refractivity contribution in [3.05, 3.63) is 61.9 Å². The van der Waals surface area contributed by atoms with Gasteiger partial charge in [-0.3, -0.25) is 14.9 Å². The molecule has 192 valence electrons. The second-order valence-corrected chi connectivity index (χ2v) is 8.36. The molecule has 0 spiro atoms. The van der Waals surface area contributed by atoms with Gasteiger partial charge in [0.2, 0.25) is 0 Å². The monoisotopic (exact) mass is 508 g/mol.